The van der Waals surface area contributed by atoms with Crippen molar-refractivity contribution in [1.82, 2.24) is 10.6 Å². The average molecular weight is 348 g/mol. The highest BCUT2D eigenvalue weighted by Crippen LogP contribution is 2.27. The molecular weight excluding hydrogens is 316 g/mol. The lowest BCUT2D eigenvalue weighted by Crippen LogP contribution is -2.46. The maximum atomic E-state index is 12.4. The molecule has 2 rings (SSSR count). The molecule has 0 saturated heterocycles. The monoisotopic (exact) mass is 348 g/mol. The Morgan fingerprint density at radius 2 is 1.72 bits per heavy atom. The van der Waals surface area contributed by atoms with Gasteiger partial charge in [0.1, 0.15) is 0 Å². The summed E-state index contributed by atoms with van der Waals surface area (Å²) in [6.45, 7) is 2.43. The van der Waals surface area contributed by atoms with Gasteiger partial charge in [0.05, 0.1) is 20.3 Å². The van der Waals surface area contributed by atoms with Crippen molar-refractivity contribution >= 4 is 5.91 Å². The molecule has 0 unspecified atom stereocenters. The zero-order chi connectivity index (χ0) is 18.1. The number of hydrogen-bond donors (Lipinski definition) is 2. The number of ether oxygens (including phenoxy) is 2. The summed E-state index contributed by atoms with van der Waals surface area (Å²) in [5, 5.41) is 6.51. The maximum Gasteiger partial charge on any atom is 0.237 e. The minimum atomic E-state index is -0.176. The van der Waals surface area contributed by atoms with E-state index >= 15 is 0 Å². The number of rotatable bonds is 7. The van der Waals surface area contributed by atoms with E-state index in [1.807, 2.05) is 25.1 Å². The van der Waals surface area contributed by atoms with Crippen LogP contribution in [0, 0.1) is 0 Å². The van der Waals surface area contributed by atoms with Crippen molar-refractivity contribution in [2.24, 2.45) is 0 Å². The Balaban J connectivity index is 1.82. The van der Waals surface area contributed by atoms with Crippen molar-refractivity contribution in [3.63, 3.8) is 0 Å². The second-order valence-corrected chi connectivity index (χ2v) is 6.84. The number of methoxy groups -OCH3 is 2. The minimum Gasteiger partial charge on any atom is -0.493 e. The summed E-state index contributed by atoms with van der Waals surface area (Å²) >= 11 is 0. The highest BCUT2D eigenvalue weighted by atomic mass is 16.5. The van der Waals surface area contributed by atoms with Gasteiger partial charge in [0.15, 0.2) is 11.5 Å². The van der Waals surface area contributed by atoms with E-state index in [0.29, 0.717) is 24.1 Å². The topological polar surface area (TPSA) is 59.6 Å². The van der Waals surface area contributed by atoms with Crippen molar-refractivity contribution in [3.8, 4) is 11.5 Å². The fourth-order valence-electron chi connectivity index (χ4n) is 3.38. The molecule has 1 aliphatic carbocycles. The zero-order valence-electron chi connectivity index (χ0n) is 15.8. The van der Waals surface area contributed by atoms with E-state index in [0.717, 1.165) is 5.56 Å². The van der Waals surface area contributed by atoms with Crippen molar-refractivity contribution in [1.29, 1.82) is 0 Å². The molecule has 1 saturated carbocycles. The average Bonchev–Trinajstić information content (AvgIpc) is 2.61. The third kappa shape index (κ3) is 6.24. The Morgan fingerprint density at radius 3 is 2.36 bits per heavy atom. The first kappa shape index (κ1) is 19.6. The van der Waals surface area contributed by atoms with Gasteiger partial charge in [-0.25, -0.2) is 0 Å². The largest absolute Gasteiger partial charge is 0.493 e. The van der Waals surface area contributed by atoms with Gasteiger partial charge in [0.25, 0.3) is 0 Å². The van der Waals surface area contributed by atoms with Crippen LogP contribution in [-0.4, -0.2) is 32.2 Å². The van der Waals surface area contributed by atoms with Crippen LogP contribution in [0.3, 0.4) is 0 Å². The molecule has 5 nitrogen and oxygen atoms in total. The van der Waals surface area contributed by atoms with Crippen molar-refractivity contribution in [2.45, 2.75) is 70.5 Å². The highest BCUT2D eigenvalue weighted by Gasteiger charge is 2.18. The molecule has 0 aliphatic heterocycles. The molecule has 1 atom stereocenters. The molecule has 1 amide bonds. The smallest absolute Gasteiger partial charge is 0.237 e. The zero-order valence-corrected chi connectivity index (χ0v) is 15.8. The molecule has 1 fully saturated rings. The number of nitrogens with one attached hydrogen (secondary N) is 2. The van der Waals surface area contributed by atoms with Gasteiger partial charge in [-0.1, -0.05) is 38.2 Å². The second kappa shape index (κ2) is 10.3. The number of amides is 1. The number of carbonyl (C=O) groups excluding carboxylic acids is 1. The fourth-order valence-corrected chi connectivity index (χ4v) is 3.38. The first-order valence-electron chi connectivity index (χ1n) is 9.38. The summed E-state index contributed by atoms with van der Waals surface area (Å²) in [5.41, 5.74) is 0.990. The maximum absolute atomic E-state index is 12.4. The molecular formula is C20H32N2O3. The normalized spacial score (nSPS) is 17.2. The van der Waals surface area contributed by atoms with Crippen molar-refractivity contribution < 1.29 is 14.3 Å². The summed E-state index contributed by atoms with van der Waals surface area (Å²) in [6, 6.07) is 5.98. The summed E-state index contributed by atoms with van der Waals surface area (Å²) < 4.78 is 10.5. The molecule has 0 heterocycles. The van der Waals surface area contributed by atoms with Gasteiger partial charge < -0.3 is 20.1 Å². The summed E-state index contributed by atoms with van der Waals surface area (Å²) in [6.07, 6.45) is 8.86. The first-order valence-corrected chi connectivity index (χ1v) is 9.38. The Morgan fingerprint density at radius 1 is 1.08 bits per heavy atom. The van der Waals surface area contributed by atoms with E-state index in [1.54, 1.807) is 14.2 Å². The fraction of sp³-hybridized carbons (Fsp3) is 0.650. The van der Waals surface area contributed by atoms with E-state index in [1.165, 1.54) is 44.9 Å². The predicted molar refractivity (Wildman–Crippen MR) is 100 cm³/mol. The highest BCUT2D eigenvalue weighted by molar-refractivity contribution is 5.81. The van der Waals surface area contributed by atoms with Gasteiger partial charge in [0.2, 0.25) is 5.91 Å². The van der Waals surface area contributed by atoms with E-state index < -0.39 is 0 Å². The second-order valence-electron chi connectivity index (χ2n) is 6.84. The van der Waals surface area contributed by atoms with Crippen molar-refractivity contribution in [3.05, 3.63) is 23.8 Å². The third-order valence-corrected chi connectivity index (χ3v) is 4.90. The van der Waals surface area contributed by atoms with Crippen LogP contribution >= 0.6 is 0 Å². The van der Waals surface area contributed by atoms with Gasteiger partial charge in [-0.05, 0) is 37.5 Å². The van der Waals surface area contributed by atoms with Gasteiger partial charge in [0, 0.05) is 12.6 Å². The minimum absolute atomic E-state index is 0.0387. The van der Waals surface area contributed by atoms with Gasteiger partial charge in [-0.2, -0.15) is 0 Å². The Bertz CT molecular complexity index is 540. The molecule has 1 aliphatic rings. The van der Waals surface area contributed by atoms with Crippen LogP contribution in [0.4, 0.5) is 0 Å². The van der Waals surface area contributed by atoms with E-state index in [9.17, 15) is 4.79 Å². The molecule has 1 aromatic carbocycles. The quantitative estimate of drug-likeness (QED) is 0.793. The van der Waals surface area contributed by atoms with Crippen molar-refractivity contribution in [2.75, 3.05) is 14.2 Å². The Labute approximate surface area is 151 Å². The molecule has 0 aromatic heterocycles. The molecule has 1 aromatic rings. The van der Waals surface area contributed by atoms with Crippen LogP contribution in [0.1, 0.15) is 57.4 Å². The van der Waals surface area contributed by atoms with Gasteiger partial charge in [-0.3, -0.25) is 4.79 Å². The molecule has 0 radical (unpaired) electrons. The molecule has 5 heteroatoms. The number of carbonyl (C=O) groups is 1. The van der Waals surface area contributed by atoms with E-state index in [-0.39, 0.29) is 11.9 Å². The van der Waals surface area contributed by atoms with E-state index in [4.69, 9.17) is 9.47 Å². The summed E-state index contributed by atoms with van der Waals surface area (Å²) in [4.78, 5) is 12.4. The lowest BCUT2D eigenvalue weighted by Gasteiger charge is -2.24. The Kier molecular flexibility index (Phi) is 8.06. The summed E-state index contributed by atoms with van der Waals surface area (Å²) in [5.74, 6) is 1.41. The first-order chi connectivity index (χ1) is 12.1. The molecule has 0 spiro atoms. The van der Waals surface area contributed by atoms with Crippen LogP contribution in [0.5, 0.6) is 11.5 Å². The third-order valence-electron chi connectivity index (χ3n) is 4.90. The standard InChI is InChI=1S/C20H32N2O3/c1-15(22-17-9-7-5-4-6-8-10-17)20(23)21-14-16-11-12-18(24-2)19(13-16)25-3/h11-13,15,17,22H,4-10,14H2,1-3H3,(H,21,23)/t15-/m0/s1. The van der Waals surface area contributed by atoms with Crippen LogP contribution in [0.25, 0.3) is 0 Å². The van der Waals surface area contributed by atoms with Crippen LogP contribution in [-0.2, 0) is 11.3 Å². The van der Waals surface area contributed by atoms with Gasteiger partial charge >= 0.3 is 0 Å². The number of hydrogen-bond acceptors (Lipinski definition) is 4. The van der Waals surface area contributed by atoms with Crippen LogP contribution in [0.15, 0.2) is 18.2 Å². The number of benzene rings is 1. The molecule has 140 valence electrons. The van der Waals surface area contributed by atoms with E-state index in [2.05, 4.69) is 10.6 Å². The van der Waals surface area contributed by atoms with Crippen LogP contribution in [0.2, 0.25) is 0 Å². The predicted octanol–water partition coefficient (Wildman–Crippen LogP) is 3.41. The lowest BCUT2D eigenvalue weighted by molar-refractivity contribution is -0.123. The SMILES string of the molecule is COc1ccc(CNC(=O)[C@H](C)NC2CCCCCCC2)cc1OC. The van der Waals surface area contributed by atoms with Crippen LogP contribution < -0.4 is 20.1 Å². The Hall–Kier alpha value is -1.75. The molecule has 0 bridgehead atoms. The molecule has 25 heavy (non-hydrogen) atoms. The van der Waals surface area contributed by atoms with Gasteiger partial charge in [-0.15, -0.1) is 0 Å². The molecule has 2 N–H and O–H groups in total. The summed E-state index contributed by atoms with van der Waals surface area (Å²) in [7, 11) is 3.23. The lowest BCUT2D eigenvalue weighted by atomic mass is 9.96.